The molecule has 1 heterocycles. The molecule has 2 aromatic carbocycles. The molecular weight excluding hydrogens is 340 g/mol. The van der Waals surface area contributed by atoms with Gasteiger partial charge in [0, 0.05) is 5.92 Å². The van der Waals surface area contributed by atoms with Gasteiger partial charge in [-0.05, 0) is 36.8 Å². The van der Waals surface area contributed by atoms with E-state index in [1.54, 1.807) is 42.5 Å². The predicted octanol–water partition coefficient (Wildman–Crippen LogP) is 1.88. The van der Waals surface area contributed by atoms with Crippen molar-refractivity contribution in [3.05, 3.63) is 53.6 Å². The number of nitriles is 1. The Morgan fingerprint density at radius 3 is 2.52 bits per heavy atom. The first kappa shape index (κ1) is 15.9. The molecule has 0 saturated heterocycles. The largest absolute Gasteiger partial charge is 0.454 e. The lowest BCUT2D eigenvalue weighted by molar-refractivity contribution is 0.174. The number of benzene rings is 2. The molecule has 3 unspecified atom stereocenters. The summed E-state index contributed by atoms with van der Waals surface area (Å²) in [5.41, 5.74) is 6.31. The fourth-order valence-corrected chi connectivity index (χ4v) is 5.56. The Morgan fingerprint density at radius 1 is 1.16 bits per heavy atom. The Hall–Kier alpha value is -2.56. The van der Waals surface area contributed by atoms with Gasteiger partial charge in [0.05, 0.1) is 11.0 Å². The molecule has 3 atom stereocenters. The minimum absolute atomic E-state index is 0.126. The van der Waals surface area contributed by atoms with E-state index in [-0.39, 0.29) is 11.7 Å². The molecule has 1 aliphatic carbocycles. The van der Waals surface area contributed by atoms with Crippen LogP contribution in [0.2, 0.25) is 0 Å². The molecule has 1 fully saturated rings. The summed E-state index contributed by atoms with van der Waals surface area (Å²) in [5, 5.41) is 8.53. The lowest BCUT2D eigenvalue weighted by atomic mass is 10.1. The summed E-state index contributed by atoms with van der Waals surface area (Å²) >= 11 is 0. The van der Waals surface area contributed by atoms with Gasteiger partial charge in [-0.2, -0.15) is 5.26 Å². The molecule has 0 bridgehead atoms. The highest BCUT2D eigenvalue weighted by Crippen LogP contribution is 2.56. The zero-order valence-corrected chi connectivity index (χ0v) is 14.3. The Kier molecular flexibility index (Phi) is 3.33. The number of rotatable bonds is 3. The van der Waals surface area contributed by atoms with Crippen LogP contribution in [0, 0.1) is 18.3 Å². The van der Waals surface area contributed by atoms with Crippen LogP contribution >= 0.6 is 0 Å². The highest BCUT2D eigenvalue weighted by molar-refractivity contribution is 7.92. The van der Waals surface area contributed by atoms with Crippen LogP contribution in [0.25, 0.3) is 0 Å². The van der Waals surface area contributed by atoms with E-state index >= 15 is 0 Å². The van der Waals surface area contributed by atoms with Gasteiger partial charge in [-0.15, -0.1) is 0 Å². The third-order valence-corrected chi connectivity index (χ3v) is 7.07. The van der Waals surface area contributed by atoms with Crippen LogP contribution in [0.4, 0.5) is 0 Å². The third-order valence-electron chi connectivity index (χ3n) is 4.81. The molecule has 25 heavy (non-hydrogen) atoms. The molecule has 128 valence electrons. The number of fused-ring (bicyclic) bond motifs is 1. The maximum Gasteiger partial charge on any atom is 0.231 e. The second kappa shape index (κ2) is 5.22. The minimum atomic E-state index is -3.73. The van der Waals surface area contributed by atoms with Crippen molar-refractivity contribution in [2.24, 2.45) is 5.73 Å². The Balaban J connectivity index is 1.75. The summed E-state index contributed by atoms with van der Waals surface area (Å²) < 4.78 is 36.6. The van der Waals surface area contributed by atoms with Crippen molar-refractivity contribution < 1.29 is 17.9 Å². The van der Waals surface area contributed by atoms with Crippen LogP contribution in [0.5, 0.6) is 11.5 Å². The van der Waals surface area contributed by atoms with Gasteiger partial charge < -0.3 is 15.2 Å². The zero-order valence-electron chi connectivity index (χ0n) is 13.5. The second-order valence-electron chi connectivity index (χ2n) is 6.41. The van der Waals surface area contributed by atoms with E-state index in [2.05, 4.69) is 0 Å². The van der Waals surface area contributed by atoms with Crippen molar-refractivity contribution in [3.8, 4) is 17.6 Å². The van der Waals surface area contributed by atoms with Crippen molar-refractivity contribution in [3.63, 3.8) is 0 Å². The number of nitrogens with two attached hydrogens (primary N) is 1. The summed E-state index contributed by atoms with van der Waals surface area (Å²) in [6, 6.07) is 13.7. The number of hydrogen-bond acceptors (Lipinski definition) is 6. The van der Waals surface area contributed by atoms with Gasteiger partial charge in [-0.3, -0.25) is 0 Å². The standard InChI is InChI=1S/C18H16N2O4S/c1-11-2-5-13(6-3-11)25(21,22)17-16(18(17,20)9-19)12-4-7-14-15(8-12)24-10-23-14/h2-8,16-17H,10,20H2,1H3. The van der Waals surface area contributed by atoms with Gasteiger partial charge in [-0.25, -0.2) is 8.42 Å². The third kappa shape index (κ3) is 2.29. The van der Waals surface area contributed by atoms with Gasteiger partial charge in [-0.1, -0.05) is 23.8 Å². The molecule has 2 aliphatic rings. The van der Waals surface area contributed by atoms with Crippen LogP contribution in [0.1, 0.15) is 17.0 Å². The van der Waals surface area contributed by atoms with Crippen LogP contribution in [0.15, 0.2) is 47.4 Å². The van der Waals surface area contributed by atoms with Crippen LogP contribution in [-0.2, 0) is 9.84 Å². The Bertz CT molecular complexity index is 995. The fourth-order valence-electron chi connectivity index (χ4n) is 3.38. The van der Waals surface area contributed by atoms with E-state index in [1.165, 1.54) is 0 Å². The summed E-state index contributed by atoms with van der Waals surface area (Å²) in [7, 11) is -3.73. The lowest BCUT2D eigenvalue weighted by Gasteiger charge is -2.05. The first-order chi connectivity index (χ1) is 11.9. The van der Waals surface area contributed by atoms with Gasteiger partial charge in [0.1, 0.15) is 10.8 Å². The average Bonchev–Trinajstić information content (AvgIpc) is 2.99. The molecule has 2 aromatic rings. The molecule has 0 aromatic heterocycles. The smallest absolute Gasteiger partial charge is 0.231 e. The fraction of sp³-hybridized carbons (Fsp3) is 0.278. The van der Waals surface area contributed by atoms with Crippen molar-refractivity contribution in [2.45, 2.75) is 28.5 Å². The summed E-state index contributed by atoms with van der Waals surface area (Å²) in [4.78, 5) is 0.177. The highest BCUT2D eigenvalue weighted by atomic mass is 32.2. The van der Waals surface area contributed by atoms with Gasteiger partial charge >= 0.3 is 0 Å². The Morgan fingerprint density at radius 2 is 1.84 bits per heavy atom. The molecule has 0 radical (unpaired) electrons. The molecule has 2 N–H and O–H groups in total. The summed E-state index contributed by atoms with van der Waals surface area (Å²) in [6.07, 6.45) is 0. The number of hydrogen-bond donors (Lipinski definition) is 1. The monoisotopic (exact) mass is 356 g/mol. The van der Waals surface area contributed by atoms with E-state index in [1.807, 2.05) is 13.0 Å². The van der Waals surface area contributed by atoms with Crippen LogP contribution in [0.3, 0.4) is 0 Å². The van der Waals surface area contributed by atoms with Crippen LogP contribution in [-0.4, -0.2) is 26.0 Å². The number of aryl methyl sites for hydroxylation is 1. The molecule has 0 spiro atoms. The predicted molar refractivity (Wildman–Crippen MR) is 90.0 cm³/mol. The lowest BCUT2D eigenvalue weighted by Crippen LogP contribution is -2.29. The van der Waals surface area contributed by atoms with Crippen molar-refractivity contribution in [2.75, 3.05) is 6.79 Å². The first-order valence-corrected chi connectivity index (χ1v) is 9.33. The maximum absolute atomic E-state index is 13.0. The maximum atomic E-state index is 13.0. The number of sulfone groups is 1. The van der Waals surface area contributed by atoms with E-state index in [9.17, 15) is 13.7 Å². The molecule has 7 heteroatoms. The highest BCUT2D eigenvalue weighted by Gasteiger charge is 2.70. The summed E-state index contributed by atoms with van der Waals surface area (Å²) in [6.45, 7) is 2.01. The quantitative estimate of drug-likeness (QED) is 0.901. The second-order valence-corrected chi connectivity index (χ2v) is 8.48. The van der Waals surface area contributed by atoms with E-state index < -0.39 is 26.5 Å². The SMILES string of the molecule is Cc1ccc(S(=O)(=O)C2C(c3ccc4c(c3)OCO4)C2(N)C#N)cc1. The van der Waals surface area contributed by atoms with E-state index in [0.717, 1.165) is 5.56 Å². The van der Waals surface area contributed by atoms with E-state index in [0.29, 0.717) is 17.1 Å². The van der Waals surface area contributed by atoms with Gasteiger partial charge in [0.25, 0.3) is 0 Å². The normalized spacial score (nSPS) is 26.9. The first-order valence-electron chi connectivity index (χ1n) is 7.78. The number of nitrogens with zero attached hydrogens (tertiary/aromatic N) is 1. The minimum Gasteiger partial charge on any atom is -0.454 e. The molecule has 1 saturated carbocycles. The molecule has 1 aliphatic heterocycles. The molecule has 0 amide bonds. The average molecular weight is 356 g/mol. The molecule has 4 rings (SSSR count). The van der Waals surface area contributed by atoms with Gasteiger partial charge in [0.15, 0.2) is 21.3 Å². The molecule has 6 nitrogen and oxygen atoms in total. The summed E-state index contributed by atoms with van der Waals surface area (Å²) in [5.74, 6) is 0.524. The van der Waals surface area contributed by atoms with E-state index in [4.69, 9.17) is 15.2 Å². The van der Waals surface area contributed by atoms with Crippen molar-refractivity contribution >= 4 is 9.84 Å². The van der Waals surface area contributed by atoms with Crippen LogP contribution < -0.4 is 15.2 Å². The molecular formula is C18H16N2O4S. The zero-order chi connectivity index (χ0) is 17.8. The van der Waals surface area contributed by atoms with Crippen molar-refractivity contribution in [1.82, 2.24) is 0 Å². The van der Waals surface area contributed by atoms with Gasteiger partial charge in [0.2, 0.25) is 6.79 Å². The van der Waals surface area contributed by atoms with Crippen molar-refractivity contribution in [1.29, 1.82) is 5.26 Å². The number of ether oxygens (including phenoxy) is 2. The topological polar surface area (TPSA) is 102 Å². The Labute approximate surface area is 145 Å².